The van der Waals surface area contributed by atoms with E-state index >= 15 is 0 Å². The second kappa shape index (κ2) is 25.3. The summed E-state index contributed by atoms with van der Waals surface area (Å²) in [5, 5.41) is 0. The van der Waals surface area contributed by atoms with Crippen molar-refractivity contribution in [3.8, 4) is 0 Å². The van der Waals surface area contributed by atoms with Crippen LogP contribution in [0.4, 0.5) is 0 Å². The van der Waals surface area contributed by atoms with E-state index in [2.05, 4.69) is 0 Å². The van der Waals surface area contributed by atoms with Crippen molar-refractivity contribution in [3.05, 3.63) is 228 Å². The zero-order valence-electron chi connectivity index (χ0n) is 38.6. The highest BCUT2D eigenvalue weighted by Crippen LogP contribution is 2.39. The van der Waals surface area contributed by atoms with Crippen molar-refractivity contribution >= 4 is 35.8 Å². The molecule has 71 heavy (non-hydrogen) atoms. The lowest BCUT2D eigenvalue weighted by Gasteiger charge is -2.34. The maximum Gasteiger partial charge on any atom is 0.338 e. The Bertz CT molecular complexity index is 2700. The van der Waals surface area contributed by atoms with E-state index in [1.165, 1.54) is 12.3 Å². The Morgan fingerprint density at radius 2 is 0.704 bits per heavy atom. The fraction of sp³-hybridized carbons (Fsp3) is 0.214. The molecule has 6 aromatic carbocycles. The van der Waals surface area contributed by atoms with E-state index in [0.29, 0.717) is 33.4 Å². The largest absolute Gasteiger partial charge is 0.491 e. The molecule has 3 heterocycles. The van der Waals surface area contributed by atoms with Crippen molar-refractivity contribution < 1.29 is 71.4 Å². The van der Waals surface area contributed by atoms with Gasteiger partial charge in [0.1, 0.15) is 19.3 Å². The van der Waals surface area contributed by atoms with E-state index in [9.17, 15) is 28.8 Å². The molecule has 2 fully saturated rings. The maximum atomic E-state index is 12.9. The predicted molar refractivity (Wildman–Crippen MR) is 255 cm³/mol. The van der Waals surface area contributed by atoms with Crippen LogP contribution in [0, 0.1) is 0 Å². The molecule has 2 saturated heterocycles. The number of carbonyl (C=O) groups excluding carboxylic acids is 6. The normalized spacial score (nSPS) is 21.2. The Morgan fingerprint density at radius 3 is 1.10 bits per heavy atom. The molecule has 15 heteroatoms. The van der Waals surface area contributed by atoms with Crippen LogP contribution in [0.25, 0.3) is 0 Å². The maximum absolute atomic E-state index is 12.9. The minimum Gasteiger partial charge on any atom is -0.491 e. The molecular weight excluding hydrogens is 913 g/mol. The zero-order valence-corrected chi connectivity index (χ0v) is 38.6. The van der Waals surface area contributed by atoms with Crippen LogP contribution < -0.4 is 0 Å². The highest BCUT2D eigenvalue weighted by Gasteiger charge is 2.60. The Balaban J connectivity index is 0.000000202. The van der Waals surface area contributed by atoms with Crippen LogP contribution in [0.1, 0.15) is 76.0 Å². The molecule has 0 saturated carbocycles. The minimum atomic E-state index is -1.07. The number of epoxide rings is 1. The molecule has 15 nitrogen and oxygen atoms in total. The first-order valence-electron chi connectivity index (χ1n) is 22.8. The van der Waals surface area contributed by atoms with Crippen molar-refractivity contribution in [2.45, 2.75) is 62.9 Å². The quantitative estimate of drug-likeness (QED) is 0.0573. The van der Waals surface area contributed by atoms with Gasteiger partial charge < -0.3 is 42.6 Å². The summed E-state index contributed by atoms with van der Waals surface area (Å²) in [6.07, 6.45) is -4.24. The number of rotatable bonds is 14. The first kappa shape index (κ1) is 50.5. The molecule has 0 bridgehead atoms. The molecule has 0 aromatic heterocycles. The summed E-state index contributed by atoms with van der Waals surface area (Å²) >= 11 is 0. The van der Waals surface area contributed by atoms with Crippen molar-refractivity contribution in [2.24, 2.45) is 0 Å². The molecule has 3 aliphatic rings. The smallest absolute Gasteiger partial charge is 0.338 e. The predicted octanol–water partition coefficient (Wildman–Crippen LogP) is 8.65. The molecule has 6 aromatic rings. The topological polar surface area (TPSA) is 189 Å². The van der Waals surface area contributed by atoms with Gasteiger partial charge in [-0.25, -0.2) is 28.8 Å². The van der Waals surface area contributed by atoms with Crippen molar-refractivity contribution in [2.75, 3.05) is 13.2 Å². The van der Waals surface area contributed by atoms with Crippen LogP contribution in [0.3, 0.4) is 0 Å². The van der Waals surface area contributed by atoms with Gasteiger partial charge in [-0.15, -0.1) is 0 Å². The van der Waals surface area contributed by atoms with E-state index in [4.69, 9.17) is 42.6 Å². The van der Waals surface area contributed by atoms with Gasteiger partial charge in [0.25, 0.3) is 0 Å². The van der Waals surface area contributed by atoms with E-state index in [1.54, 1.807) is 182 Å². The third-order valence-corrected chi connectivity index (χ3v) is 10.8. The summed E-state index contributed by atoms with van der Waals surface area (Å²) in [5.41, 5.74) is 2.08. The number of hydrogen-bond acceptors (Lipinski definition) is 15. The molecule has 0 aliphatic carbocycles. The SMILES string of the molecule is CC.O=C(OC[C@H]1OC=C[C@@H](OC(=O)c2ccccc2)[C@H]1OC(=O)c1ccccc1)c1ccccc1.O=C(OC[C@H]1O[C@@H]2O[C@@H]2[C@@H](OC(=O)c2ccccc2)[C@H]1OC(=O)c1ccccc1)c1ccccc1. The van der Waals surface area contributed by atoms with Gasteiger partial charge in [0.15, 0.2) is 42.9 Å². The van der Waals surface area contributed by atoms with Gasteiger partial charge in [0.2, 0.25) is 0 Å². The van der Waals surface area contributed by atoms with E-state index in [1.807, 2.05) is 13.8 Å². The summed E-state index contributed by atoms with van der Waals surface area (Å²) in [6.45, 7) is 3.55. The Kier molecular flexibility index (Phi) is 18.0. The fourth-order valence-electron chi connectivity index (χ4n) is 7.21. The first-order valence-corrected chi connectivity index (χ1v) is 22.8. The Hall–Kier alpha value is -8.40. The third-order valence-electron chi connectivity index (χ3n) is 10.8. The number of carbonyl (C=O) groups is 6. The standard InChI is InChI=1S/C27H22O8.C27H22O7.C2H6/c28-24(17-10-4-1-5-11-17)31-16-20-21(33-25(29)18-12-6-2-7-13-18)22(23-27(32-20)35-23)34-26(30)19-14-8-3-9-15-19;28-25(19-10-4-1-5-11-19)32-18-23-24(34-27(30)21-14-8-3-9-15-21)22(16-17-31-23)33-26(29)20-12-6-2-7-13-20;1-2/h1-15,20-23,27H,16H2;1-17,22-24H,18H2;1-2H3/t20-,21+,22+,23-,27-;22-,23-,24-;/m11./s1. The van der Waals surface area contributed by atoms with Gasteiger partial charge in [-0.2, -0.15) is 0 Å². The molecule has 0 unspecified atom stereocenters. The summed E-state index contributed by atoms with van der Waals surface area (Å²) in [6, 6.07) is 50.7. The third kappa shape index (κ3) is 13.9. The molecule has 3 aliphatic heterocycles. The summed E-state index contributed by atoms with van der Waals surface area (Å²) in [5.74, 6) is -3.53. The molecular formula is C56H50O15. The minimum absolute atomic E-state index is 0.218. The second-order valence-electron chi connectivity index (χ2n) is 15.5. The van der Waals surface area contributed by atoms with E-state index in [0.717, 1.165) is 0 Å². The average molecular weight is 963 g/mol. The number of fused-ring (bicyclic) bond motifs is 1. The Morgan fingerprint density at radius 1 is 0.380 bits per heavy atom. The van der Waals surface area contributed by atoms with Gasteiger partial charge in [0.05, 0.1) is 39.6 Å². The van der Waals surface area contributed by atoms with E-state index < -0.39 is 84.8 Å². The van der Waals surface area contributed by atoms with Gasteiger partial charge in [-0.3, -0.25) is 0 Å². The zero-order chi connectivity index (χ0) is 50.0. The second-order valence-corrected chi connectivity index (χ2v) is 15.5. The lowest BCUT2D eigenvalue weighted by atomic mass is 10.0. The van der Waals surface area contributed by atoms with Crippen LogP contribution in [0.15, 0.2) is 194 Å². The highest BCUT2D eigenvalue weighted by atomic mass is 16.8. The van der Waals surface area contributed by atoms with Gasteiger partial charge in [-0.1, -0.05) is 123 Å². The van der Waals surface area contributed by atoms with Crippen molar-refractivity contribution in [1.29, 1.82) is 0 Å². The summed E-state index contributed by atoms with van der Waals surface area (Å²) in [7, 11) is 0. The number of ether oxygens (including phenoxy) is 9. The first-order chi connectivity index (χ1) is 34.7. The lowest BCUT2D eigenvalue weighted by molar-refractivity contribution is -0.150. The van der Waals surface area contributed by atoms with Gasteiger partial charge in [0, 0.05) is 0 Å². The lowest BCUT2D eigenvalue weighted by Crippen LogP contribution is -2.53. The molecule has 0 N–H and O–H groups in total. The van der Waals surface area contributed by atoms with Gasteiger partial charge in [-0.05, 0) is 78.9 Å². The Labute approximate surface area is 409 Å². The molecule has 0 amide bonds. The van der Waals surface area contributed by atoms with Crippen LogP contribution in [0.2, 0.25) is 0 Å². The summed E-state index contributed by atoms with van der Waals surface area (Å²) < 4.78 is 50.6. The number of hydrogen-bond donors (Lipinski definition) is 0. The fourth-order valence-corrected chi connectivity index (χ4v) is 7.21. The molecule has 8 atom stereocenters. The monoisotopic (exact) mass is 962 g/mol. The van der Waals surface area contributed by atoms with Crippen LogP contribution in [-0.4, -0.2) is 98.0 Å². The average Bonchev–Trinajstić information content (AvgIpc) is 4.22. The van der Waals surface area contributed by atoms with Gasteiger partial charge >= 0.3 is 35.8 Å². The molecule has 364 valence electrons. The van der Waals surface area contributed by atoms with Crippen LogP contribution in [-0.2, 0) is 42.6 Å². The van der Waals surface area contributed by atoms with Crippen molar-refractivity contribution in [1.82, 2.24) is 0 Å². The van der Waals surface area contributed by atoms with Crippen LogP contribution >= 0.6 is 0 Å². The summed E-state index contributed by atoms with van der Waals surface area (Å²) in [4.78, 5) is 75.9. The number of esters is 6. The number of benzene rings is 6. The molecule has 0 spiro atoms. The highest BCUT2D eigenvalue weighted by molar-refractivity contribution is 5.92. The van der Waals surface area contributed by atoms with E-state index in [-0.39, 0.29) is 13.2 Å². The molecule has 0 radical (unpaired) electrons. The van der Waals surface area contributed by atoms with Crippen LogP contribution in [0.5, 0.6) is 0 Å². The molecule has 9 rings (SSSR count). The van der Waals surface area contributed by atoms with Crippen molar-refractivity contribution in [3.63, 3.8) is 0 Å².